The molecular weight excluding hydrogens is 264 g/mol. The van der Waals surface area contributed by atoms with Gasteiger partial charge in [-0.15, -0.1) is 0 Å². The van der Waals surface area contributed by atoms with Gasteiger partial charge >= 0.3 is 5.69 Å². The molecule has 0 radical (unpaired) electrons. The lowest BCUT2D eigenvalue weighted by molar-refractivity contribution is -0.384. The zero-order valence-electron chi connectivity index (χ0n) is 11.5. The van der Waals surface area contributed by atoms with Crippen LogP contribution in [0.1, 0.15) is 0 Å². The van der Waals surface area contributed by atoms with Gasteiger partial charge in [-0.1, -0.05) is 0 Å². The van der Waals surface area contributed by atoms with Gasteiger partial charge in [-0.25, -0.2) is 0 Å². The lowest BCUT2D eigenvalue weighted by Gasteiger charge is -2.30. The number of anilines is 1. The number of ether oxygens (including phenoxy) is 2. The van der Waals surface area contributed by atoms with E-state index in [2.05, 4.69) is 15.2 Å². The summed E-state index contributed by atoms with van der Waals surface area (Å²) < 4.78 is 10.6. The van der Waals surface area contributed by atoms with E-state index in [0.717, 1.165) is 13.1 Å². The van der Waals surface area contributed by atoms with Crippen LogP contribution in [0.15, 0.2) is 12.1 Å². The van der Waals surface area contributed by atoms with E-state index >= 15 is 0 Å². The summed E-state index contributed by atoms with van der Waals surface area (Å²) >= 11 is 0. The molecule has 1 fully saturated rings. The van der Waals surface area contributed by atoms with Crippen LogP contribution >= 0.6 is 0 Å². The first-order valence-corrected chi connectivity index (χ1v) is 6.33. The van der Waals surface area contributed by atoms with Crippen LogP contribution in [-0.2, 0) is 4.74 Å². The minimum Gasteiger partial charge on any atom is -0.481 e. The molecule has 1 unspecified atom stereocenters. The van der Waals surface area contributed by atoms with Crippen molar-refractivity contribution in [1.82, 2.24) is 9.88 Å². The highest BCUT2D eigenvalue weighted by molar-refractivity contribution is 5.57. The first kappa shape index (κ1) is 14.5. The van der Waals surface area contributed by atoms with Gasteiger partial charge in [0, 0.05) is 31.8 Å². The van der Waals surface area contributed by atoms with Crippen LogP contribution in [0.5, 0.6) is 5.88 Å². The Balaban J connectivity index is 2.05. The minimum absolute atomic E-state index is 0.0126. The number of likely N-dealkylation sites (N-methyl/N-ethyl adjacent to an activating group) is 1. The Kier molecular flexibility index (Phi) is 4.70. The van der Waals surface area contributed by atoms with Gasteiger partial charge in [-0.3, -0.25) is 10.1 Å². The Bertz CT molecular complexity index is 483. The second-order valence-electron chi connectivity index (χ2n) is 4.61. The van der Waals surface area contributed by atoms with E-state index < -0.39 is 4.92 Å². The highest BCUT2D eigenvalue weighted by atomic mass is 16.6. The van der Waals surface area contributed by atoms with Crippen molar-refractivity contribution in [2.75, 3.05) is 45.7 Å². The molecule has 0 bridgehead atoms. The van der Waals surface area contributed by atoms with Gasteiger partial charge in [0.25, 0.3) is 0 Å². The van der Waals surface area contributed by atoms with E-state index in [-0.39, 0.29) is 17.6 Å². The fourth-order valence-electron chi connectivity index (χ4n) is 2.03. The molecule has 0 aliphatic carbocycles. The van der Waals surface area contributed by atoms with Crippen molar-refractivity contribution in [1.29, 1.82) is 0 Å². The molecule has 8 heteroatoms. The van der Waals surface area contributed by atoms with Crippen molar-refractivity contribution in [3.63, 3.8) is 0 Å². The Morgan fingerprint density at radius 2 is 2.45 bits per heavy atom. The molecule has 110 valence electrons. The number of hydrogen-bond donors (Lipinski definition) is 1. The van der Waals surface area contributed by atoms with Crippen LogP contribution in [0.2, 0.25) is 0 Å². The van der Waals surface area contributed by atoms with E-state index in [9.17, 15) is 10.1 Å². The monoisotopic (exact) mass is 282 g/mol. The van der Waals surface area contributed by atoms with E-state index in [0.29, 0.717) is 19.0 Å². The summed E-state index contributed by atoms with van der Waals surface area (Å²) in [5.41, 5.74) is -0.0741. The lowest BCUT2D eigenvalue weighted by Crippen LogP contribution is -2.43. The van der Waals surface area contributed by atoms with Gasteiger partial charge < -0.3 is 19.7 Å². The van der Waals surface area contributed by atoms with E-state index in [1.54, 1.807) is 0 Å². The zero-order valence-corrected chi connectivity index (χ0v) is 11.5. The van der Waals surface area contributed by atoms with Crippen molar-refractivity contribution in [2.24, 2.45) is 0 Å². The van der Waals surface area contributed by atoms with Crippen molar-refractivity contribution in [2.45, 2.75) is 6.10 Å². The van der Waals surface area contributed by atoms with Crippen LogP contribution < -0.4 is 10.1 Å². The third kappa shape index (κ3) is 3.55. The van der Waals surface area contributed by atoms with E-state index in [1.165, 1.54) is 19.2 Å². The van der Waals surface area contributed by atoms with Crippen LogP contribution in [0.25, 0.3) is 0 Å². The Morgan fingerprint density at radius 1 is 1.65 bits per heavy atom. The van der Waals surface area contributed by atoms with Crippen LogP contribution in [-0.4, -0.2) is 61.3 Å². The fraction of sp³-hybridized carbons (Fsp3) is 0.583. The molecule has 0 spiro atoms. The number of pyridine rings is 1. The van der Waals surface area contributed by atoms with Crippen molar-refractivity contribution < 1.29 is 14.4 Å². The molecule has 0 amide bonds. The first-order valence-electron chi connectivity index (χ1n) is 6.33. The number of nitrogens with one attached hydrogen (secondary N) is 1. The molecule has 8 nitrogen and oxygen atoms in total. The van der Waals surface area contributed by atoms with Crippen LogP contribution in [0.3, 0.4) is 0 Å². The van der Waals surface area contributed by atoms with E-state index in [4.69, 9.17) is 9.47 Å². The SMILES string of the molecule is COc1ccc([N+](=O)[O-])c(NCC2CN(C)CCO2)n1. The van der Waals surface area contributed by atoms with Gasteiger partial charge in [-0.2, -0.15) is 4.98 Å². The molecule has 1 aromatic heterocycles. The summed E-state index contributed by atoms with van der Waals surface area (Å²) in [6.45, 7) is 2.81. The fourth-order valence-corrected chi connectivity index (χ4v) is 2.03. The van der Waals surface area contributed by atoms with Crippen LogP contribution in [0, 0.1) is 10.1 Å². The van der Waals surface area contributed by atoms with Crippen LogP contribution in [0.4, 0.5) is 11.5 Å². The summed E-state index contributed by atoms with van der Waals surface area (Å²) in [6, 6.07) is 2.84. The molecule has 2 rings (SSSR count). The Morgan fingerprint density at radius 3 is 3.10 bits per heavy atom. The van der Waals surface area contributed by atoms with Gasteiger partial charge in [-0.05, 0) is 7.05 Å². The van der Waals surface area contributed by atoms with Crippen molar-refractivity contribution >= 4 is 11.5 Å². The maximum Gasteiger partial charge on any atom is 0.311 e. The number of hydrogen-bond acceptors (Lipinski definition) is 7. The topological polar surface area (TPSA) is 89.8 Å². The second kappa shape index (κ2) is 6.49. The second-order valence-corrected chi connectivity index (χ2v) is 4.61. The number of methoxy groups -OCH3 is 1. The Labute approximate surface area is 116 Å². The maximum atomic E-state index is 11.0. The first-order chi connectivity index (χ1) is 9.60. The molecule has 0 aromatic carbocycles. The predicted octanol–water partition coefficient (Wildman–Crippen LogP) is 0.741. The normalized spacial score (nSPS) is 19.6. The average Bonchev–Trinajstić information content (AvgIpc) is 2.44. The predicted molar refractivity (Wildman–Crippen MR) is 73.2 cm³/mol. The van der Waals surface area contributed by atoms with Crippen molar-refractivity contribution in [3.05, 3.63) is 22.2 Å². The minimum atomic E-state index is -0.470. The molecule has 1 saturated heterocycles. The summed E-state index contributed by atoms with van der Waals surface area (Å²) in [5.74, 6) is 0.533. The summed E-state index contributed by atoms with van der Waals surface area (Å²) in [6.07, 6.45) is -0.0126. The quantitative estimate of drug-likeness (QED) is 0.629. The third-order valence-electron chi connectivity index (χ3n) is 3.09. The smallest absolute Gasteiger partial charge is 0.311 e. The Hall–Kier alpha value is -1.93. The molecule has 1 atom stereocenters. The summed E-state index contributed by atoms with van der Waals surface area (Å²) in [7, 11) is 3.49. The highest BCUT2D eigenvalue weighted by Crippen LogP contribution is 2.24. The summed E-state index contributed by atoms with van der Waals surface area (Å²) in [5, 5.41) is 13.9. The van der Waals surface area contributed by atoms with Gasteiger partial charge in [0.1, 0.15) is 0 Å². The molecule has 1 aliphatic heterocycles. The van der Waals surface area contributed by atoms with Gasteiger partial charge in [0.15, 0.2) is 0 Å². The number of morpholine rings is 1. The molecule has 1 aromatic rings. The highest BCUT2D eigenvalue weighted by Gasteiger charge is 2.21. The number of nitro groups is 1. The lowest BCUT2D eigenvalue weighted by atomic mass is 10.2. The molecule has 0 saturated carbocycles. The molecular formula is C12H18N4O4. The average molecular weight is 282 g/mol. The van der Waals surface area contributed by atoms with Crippen molar-refractivity contribution in [3.8, 4) is 5.88 Å². The number of nitrogens with zero attached hydrogens (tertiary/aromatic N) is 3. The number of aromatic nitrogens is 1. The molecule has 1 aliphatic rings. The molecule has 20 heavy (non-hydrogen) atoms. The van der Waals surface area contributed by atoms with Gasteiger partial charge in [0.2, 0.25) is 11.7 Å². The van der Waals surface area contributed by atoms with E-state index in [1.807, 2.05) is 7.05 Å². The third-order valence-corrected chi connectivity index (χ3v) is 3.09. The largest absolute Gasteiger partial charge is 0.481 e. The zero-order chi connectivity index (χ0) is 14.5. The molecule has 1 N–H and O–H groups in total. The standard InChI is InChI=1S/C12H18N4O4/c1-15-5-6-20-9(8-15)7-13-12-10(16(17)18)3-4-11(14-12)19-2/h3-4,9H,5-8H2,1-2H3,(H,13,14). The number of rotatable bonds is 5. The maximum absolute atomic E-state index is 11.0. The molecule has 2 heterocycles. The van der Waals surface area contributed by atoms with Gasteiger partial charge in [0.05, 0.1) is 24.7 Å². The summed E-state index contributed by atoms with van der Waals surface area (Å²) in [4.78, 5) is 16.7.